The van der Waals surface area contributed by atoms with Crippen LogP contribution in [0.2, 0.25) is 0 Å². The van der Waals surface area contributed by atoms with Crippen LogP contribution in [-0.2, 0) is 5.75 Å². The number of para-hydroxylation sites is 2. The molecule has 0 atom stereocenters. The minimum absolute atomic E-state index is 0.619. The fourth-order valence-electron chi connectivity index (χ4n) is 2.18. The minimum Gasteiger partial charge on any atom is -0.440 e. The number of hydrogen-bond donors (Lipinski definition) is 2. The van der Waals surface area contributed by atoms with E-state index >= 15 is 0 Å². The number of H-pyrrole nitrogens is 1. The molecule has 21 heavy (non-hydrogen) atoms. The Morgan fingerprint density at radius 3 is 2.90 bits per heavy atom. The summed E-state index contributed by atoms with van der Waals surface area (Å²) >= 11 is 1.56. The third-order valence-corrected chi connectivity index (χ3v) is 4.01. The van der Waals surface area contributed by atoms with Crippen molar-refractivity contribution in [3.63, 3.8) is 0 Å². The normalized spacial score (nSPS) is 11.4. The van der Waals surface area contributed by atoms with Gasteiger partial charge in [0.2, 0.25) is 5.89 Å². The Hall–Kier alpha value is -2.47. The second kappa shape index (κ2) is 4.82. The molecule has 5 nitrogen and oxygen atoms in total. The highest BCUT2D eigenvalue weighted by Gasteiger charge is 2.08. The summed E-state index contributed by atoms with van der Waals surface area (Å²) in [5.41, 5.74) is 9.95. The number of benzene rings is 2. The van der Waals surface area contributed by atoms with E-state index in [0.717, 1.165) is 27.3 Å². The predicted molar refractivity (Wildman–Crippen MR) is 84.1 cm³/mol. The molecular weight excluding hydrogens is 284 g/mol. The number of aromatic amines is 1. The number of aromatic nitrogens is 3. The second-order valence-corrected chi connectivity index (χ2v) is 5.65. The van der Waals surface area contributed by atoms with E-state index in [-0.39, 0.29) is 0 Å². The first-order valence-electron chi connectivity index (χ1n) is 6.50. The number of rotatable bonds is 3. The van der Waals surface area contributed by atoms with Gasteiger partial charge in [-0.1, -0.05) is 23.9 Å². The van der Waals surface area contributed by atoms with Crippen molar-refractivity contribution in [3.8, 4) is 0 Å². The monoisotopic (exact) mass is 296 g/mol. The van der Waals surface area contributed by atoms with Gasteiger partial charge in [-0.25, -0.2) is 9.97 Å². The minimum atomic E-state index is 0.619. The van der Waals surface area contributed by atoms with Gasteiger partial charge < -0.3 is 15.1 Å². The zero-order chi connectivity index (χ0) is 14.2. The Morgan fingerprint density at radius 1 is 1.10 bits per heavy atom. The molecule has 2 aromatic heterocycles. The van der Waals surface area contributed by atoms with E-state index in [1.54, 1.807) is 17.8 Å². The van der Waals surface area contributed by atoms with Crippen LogP contribution in [0, 0.1) is 0 Å². The molecule has 2 aromatic carbocycles. The van der Waals surface area contributed by atoms with Crippen molar-refractivity contribution in [2.45, 2.75) is 10.9 Å². The molecule has 0 fully saturated rings. The molecule has 0 aliphatic heterocycles. The molecule has 0 saturated heterocycles. The van der Waals surface area contributed by atoms with Crippen molar-refractivity contribution in [2.24, 2.45) is 0 Å². The van der Waals surface area contributed by atoms with E-state index < -0.39 is 0 Å². The SMILES string of the molecule is Nc1ccc2nc(CSc3nc4ccccc4[nH]3)oc2c1. The van der Waals surface area contributed by atoms with Crippen LogP contribution in [0.5, 0.6) is 0 Å². The van der Waals surface area contributed by atoms with Gasteiger partial charge >= 0.3 is 0 Å². The molecule has 2 heterocycles. The van der Waals surface area contributed by atoms with Gasteiger partial charge in [-0.2, -0.15) is 0 Å². The molecule has 4 rings (SSSR count). The molecule has 6 heteroatoms. The average Bonchev–Trinajstić information content (AvgIpc) is 3.07. The highest BCUT2D eigenvalue weighted by molar-refractivity contribution is 7.98. The summed E-state index contributed by atoms with van der Waals surface area (Å²) in [6.07, 6.45) is 0. The number of oxazole rings is 1. The third kappa shape index (κ3) is 2.34. The van der Waals surface area contributed by atoms with E-state index in [9.17, 15) is 0 Å². The maximum Gasteiger partial charge on any atom is 0.205 e. The van der Waals surface area contributed by atoms with Gasteiger partial charge in [0, 0.05) is 11.8 Å². The highest BCUT2D eigenvalue weighted by atomic mass is 32.2. The Morgan fingerprint density at radius 2 is 2.00 bits per heavy atom. The van der Waals surface area contributed by atoms with Gasteiger partial charge in [0.1, 0.15) is 5.52 Å². The van der Waals surface area contributed by atoms with Gasteiger partial charge in [0.25, 0.3) is 0 Å². The lowest BCUT2D eigenvalue weighted by Crippen LogP contribution is -1.82. The van der Waals surface area contributed by atoms with Crippen molar-refractivity contribution in [3.05, 3.63) is 48.4 Å². The molecule has 0 radical (unpaired) electrons. The summed E-state index contributed by atoms with van der Waals surface area (Å²) in [7, 11) is 0. The number of thioether (sulfide) groups is 1. The molecule has 0 amide bonds. The van der Waals surface area contributed by atoms with E-state index in [1.165, 1.54) is 0 Å². The fourth-order valence-corrected chi connectivity index (χ4v) is 2.91. The van der Waals surface area contributed by atoms with Gasteiger partial charge in [-0.3, -0.25) is 0 Å². The highest BCUT2D eigenvalue weighted by Crippen LogP contribution is 2.25. The number of nitrogen functional groups attached to an aromatic ring is 1. The van der Waals surface area contributed by atoms with Crippen LogP contribution >= 0.6 is 11.8 Å². The van der Waals surface area contributed by atoms with E-state index in [1.807, 2.05) is 36.4 Å². The van der Waals surface area contributed by atoms with Crippen molar-refractivity contribution < 1.29 is 4.42 Å². The predicted octanol–water partition coefficient (Wildman–Crippen LogP) is 3.58. The first kappa shape index (κ1) is 12.3. The molecule has 3 N–H and O–H groups in total. The number of nitrogens with one attached hydrogen (secondary N) is 1. The van der Waals surface area contributed by atoms with E-state index in [0.29, 0.717) is 17.3 Å². The number of nitrogens with zero attached hydrogens (tertiary/aromatic N) is 2. The first-order valence-corrected chi connectivity index (χ1v) is 7.49. The van der Waals surface area contributed by atoms with E-state index in [2.05, 4.69) is 15.0 Å². The maximum atomic E-state index is 5.73. The van der Waals surface area contributed by atoms with Crippen molar-refractivity contribution in [2.75, 3.05) is 5.73 Å². The number of fused-ring (bicyclic) bond motifs is 2. The Balaban J connectivity index is 1.57. The summed E-state index contributed by atoms with van der Waals surface area (Å²) in [5.74, 6) is 1.29. The lowest BCUT2D eigenvalue weighted by atomic mass is 10.3. The van der Waals surface area contributed by atoms with Gasteiger partial charge in [-0.15, -0.1) is 0 Å². The number of hydrogen-bond acceptors (Lipinski definition) is 5. The number of anilines is 1. The topological polar surface area (TPSA) is 80.7 Å². The van der Waals surface area contributed by atoms with Crippen molar-refractivity contribution in [1.29, 1.82) is 0 Å². The number of nitrogens with two attached hydrogens (primary N) is 1. The van der Waals surface area contributed by atoms with Crippen molar-refractivity contribution in [1.82, 2.24) is 15.0 Å². The summed E-state index contributed by atoms with van der Waals surface area (Å²) in [5, 5.41) is 0.859. The summed E-state index contributed by atoms with van der Waals surface area (Å²) < 4.78 is 5.69. The quantitative estimate of drug-likeness (QED) is 0.446. The zero-order valence-corrected chi connectivity index (χ0v) is 11.9. The molecule has 0 spiro atoms. The van der Waals surface area contributed by atoms with Crippen LogP contribution in [-0.4, -0.2) is 15.0 Å². The zero-order valence-electron chi connectivity index (χ0n) is 11.0. The fraction of sp³-hybridized carbons (Fsp3) is 0.0667. The molecule has 4 aromatic rings. The van der Waals surface area contributed by atoms with Crippen LogP contribution < -0.4 is 5.73 Å². The molecule has 0 saturated carbocycles. The summed E-state index contributed by atoms with van der Waals surface area (Å²) in [6, 6.07) is 13.4. The van der Waals surface area contributed by atoms with Crippen LogP contribution in [0.15, 0.2) is 52.0 Å². The van der Waals surface area contributed by atoms with Crippen LogP contribution in [0.25, 0.3) is 22.1 Å². The average molecular weight is 296 g/mol. The van der Waals surface area contributed by atoms with Crippen LogP contribution in [0.4, 0.5) is 5.69 Å². The van der Waals surface area contributed by atoms with Gasteiger partial charge in [0.15, 0.2) is 10.7 Å². The third-order valence-electron chi connectivity index (χ3n) is 3.16. The smallest absolute Gasteiger partial charge is 0.205 e. The van der Waals surface area contributed by atoms with E-state index in [4.69, 9.17) is 10.2 Å². The molecule has 0 aliphatic carbocycles. The largest absolute Gasteiger partial charge is 0.440 e. The first-order chi connectivity index (χ1) is 10.3. The molecule has 0 unspecified atom stereocenters. The van der Waals surface area contributed by atoms with Crippen LogP contribution in [0.3, 0.4) is 0 Å². The van der Waals surface area contributed by atoms with Crippen LogP contribution in [0.1, 0.15) is 5.89 Å². The summed E-state index contributed by atoms with van der Waals surface area (Å²) in [4.78, 5) is 12.2. The van der Waals surface area contributed by atoms with Gasteiger partial charge in [0.05, 0.1) is 16.8 Å². The Bertz CT molecular complexity index is 895. The second-order valence-electron chi connectivity index (χ2n) is 4.68. The number of imidazole rings is 1. The Labute approximate surface area is 124 Å². The standard InChI is InChI=1S/C15H12N4OS/c16-9-5-6-12-13(7-9)20-14(17-12)8-21-15-18-10-3-1-2-4-11(10)19-15/h1-7H,8,16H2,(H,18,19). The van der Waals surface area contributed by atoms with Crippen molar-refractivity contribution >= 4 is 39.6 Å². The molecule has 0 bridgehead atoms. The Kier molecular flexibility index (Phi) is 2.82. The maximum absolute atomic E-state index is 5.73. The lowest BCUT2D eigenvalue weighted by molar-refractivity contribution is 0.556. The summed E-state index contributed by atoms with van der Waals surface area (Å²) in [6.45, 7) is 0. The molecular formula is C15H12N4OS. The van der Waals surface area contributed by atoms with Gasteiger partial charge in [-0.05, 0) is 24.3 Å². The lowest BCUT2D eigenvalue weighted by Gasteiger charge is -1.92. The molecule has 0 aliphatic rings. The molecule has 104 valence electrons.